The van der Waals surface area contributed by atoms with Crippen molar-refractivity contribution in [3.8, 4) is 0 Å². The highest BCUT2D eigenvalue weighted by molar-refractivity contribution is 7.12. The molecule has 1 aliphatic rings. The molecule has 0 aliphatic heterocycles. The third kappa shape index (κ3) is 2.82. The zero-order valence-electron chi connectivity index (χ0n) is 9.46. The third-order valence-electron chi connectivity index (χ3n) is 3.35. The van der Waals surface area contributed by atoms with Crippen LogP contribution in [0.4, 0.5) is 0 Å². The summed E-state index contributed by atoms with van der Waals surface area (Å²) in [6, 6.07) is 4.39. The van der Waals surface area contributed by atoms with Crippen molar-refractivity contribution in [3.63, 3.8) is 0 Å². The predicted molar refractivity (Wildman–Crippen MR) is 65.4 cm³/mol. The van der Waals surface area contributed by atoms with Crippen LogP contribution in [0.25, 0.3) is 0 Å². The smallest absolute Gasteiger partial charge is 0.0695 e. The van der Waals surface area contributed by atoms with Gasteiger partial charge >= 0.3 is 0 Å². The number of thiophene rings is 1. The van der Waals surface area contributed by atoms with Crippen LogP contribution in [-0.2, 0) is 12.8 Å². The van der Waals surface area contributed by atoms with Gasteiger partial charge in [0.1, 0.15) is 0 Å². The number of aliphatic hydroxyl groups is 1. The summed E-state index contributed by atoms with van der Waals surface area (Å²) in [5.41, 5.74) is -0.395. The second-order valence-corrected chi connectivity index (χ2v) is 5.94. The SMILES string of the molecule is CCc1ccc(CC2(O)CCCCC2)s1. The van der Waals surface area contributed by atoms with Gasteiger partial charge in [0.15, 0.2) is 0 Å². The molecular formula is C13H20OS. The van der Waals surface area contributed by atoms with E-state index in [9.17, 15) is 5.11 Å². The van der Waals surface area contributed by atoms with Gasteiger partial charge < -0.3 is 5.11 Å². The Morgan fingerprint density at radius 1 is 1.20 bits per heavy atom. The minimum atomic E-state index is -0.395. The van der Waals surface area contributed by atoms with E-state index in [2.05, 4.69) is 19.1 Å². The zero-order valence-corrected chi connectivity index (χ0v) is 10.3. The number of rotatable bonds is 3. The van der Waals surface area contributed by atoms with E-state index in [1.54, 1.807) is 0 Å². The molecular weight excluding hydrogens is 204 g/mol. The van der Waals surface area contributed by atoms with Crippen molar-refractivity contribution in [3.05, 3.63) is 21.9 Å². The fourth-order valence-corrected chi connectivity index (χ4v) is 3.51. The normalized spacial score (nSPS) is 20.4. The monoisotopic (exact) mass is 224 g/mol. The molecule has 2 rings (SSSR count). The number of aryl methyl sites for hydroxylation is 1. The van der Waals surface area contributed by atoms with E-state index in [1.807, 2.05) is 11.3 Å². The molecule has 0 saturated heterocycles. The highest BCUT2D eigenvalue weighted by atomic mass is 32.1. The lowest BCUT2D eigenvalue weighted by atomic mass is 9.82. The predicted octanol–water partition coefficient (Wildman–Crippen LogP) is 3.55. The van der Waals surface area contributed by atoms with Crippen LogP contribution in [0.3, 0.4) is 0 Å². The molecule has 84 valence electrons. The fraction of sp³-hybridized carbons (Fsp3) is 0.692. The summed E-state index contributed by atoms with van der Waals surface area (Å²) >= 11 is 1.87. The van der Waals surface area contributed by atoms with Gasteiger partial charge in [-0.2, -0.15) is 0 Å². The molecule has 0 aromatic carbocycles. The third-order valence-corrected chi connectivity index (χ3v) is 4.58. The molecule has 1 aliphatic carbocycles. The maximum absolute atomic E-state index is 10.4. The van der Waals surface area contributed by atoms with E-state index in [1.165, 1.54) is 29.0 Å². The van der Waals surface area contributed by atoms with Gasteiger partial charge in [-0.15, -0.1) is 11.3 Å². The summed E-state index contributed by atoms with van der Waals surface area (Å²) in [6.45, 7) is 2.19. The lowest BCUT2D eigenvalue weighted by Gasteiger charge is -2.31. The molecule has 1 nitrogen and oxygen atoms in total. The molecule has 0 spiro atoms. The molecule has 0 atom stereocenters. The summed E-state index contributed by atoms with van der Waals surface area (Å²) in [5.74, 6) is 0. The van der Waals surface area contributed by atoms with E-state index in [0.29, 0.717) is 0 Å². The Morgan fingerprint density at radius 3 is 2.47 bits per heavy atom. The summed E-state index contributed by atoms with van der Waals surface area (Å²) < 4.78 is 0. The Labute approximate surface area is 96.1 Å². The van der Waals surface area contributed by atoms with Gasteiger partial charge in [0.2, 0.25) is 0 Å². The molecule has 1 aromatic rings. The second kappa shape index (κ2) is 4.67. The van der Waals surface area contributed by atoms with Crippen molar-refractivity contribution >= 4 is 11.3 Å². The van der Waals surface area contributed by atoms with Crippen LogP contribution in [0, 0.1) is 0 Å². The Morgan fingerprint density at radius 2 is 1.87 bits per heavy atom. The number of hydrogen-bond donors (Lipinski definition) is 1. The summed E-state index contributed by atoms with van der Waals surface area (Å²) in [4.78, 5) is 2.79. The molecule has 1 aromatic heterocycles. The average Bonchev–Trinajstić information content (AvgIpc) is 2.66. The summed E-state index contributed by atoms with van der Waals surface area (Å²) in [7, 11) is 0. The van der Waals surface area contributed by atoms with E-state index < -0.39 is 5.60 Å². The van der Waals surface area contributed by atoms with Crippen molar-refractivity contribution in [2.45, 2.75) is 57.5 Å². The molecule has 0 radical (unpaired) electrons. The minimum Gasteiger partial charge on any atom is -0.390 e. The van der Waals surface area contributed by atoms with Crippen LogP contribution in [0.1, 0.15) is 48.8 Å². The van der Waals surface area contributed by atoms with Crippen molar-refractivity contribution < 1.29 is 5.11 Å². The van der Waals surface area contributed by atoms with Crippen molar-refractivity contribution in [1.29, 1.82) is 0 Å². The van der Waals surface area contributed by atoms with Gasteiger partial charge in [-0.1, -0.05) is 26.2 Å². The van der Waals surface area contributed by atoms with E-state index in [0.717, 1.165) is 25.7 Å². The van der Waals surface area contributed by atoms with Crippen LogP contribution >= 0.6 is 11.3 Å². The van der Waals surface area contributed by atoms with Crippen LogP contribution in [0.2, 0.25) is 0 Å². The van der Waals surface area contributed by atoms with Crippen molar-refractivity contribution in [2.75, 3.05) is 0 Å². The molecule has 1 saturated carbocycles. The molecule has 1 heterocycles. The summed E-state index contributed by atoms with van der Waals surface area (Å²) in [6.07, 6.45) is 7.66. The fourth-order valence-electron chi connectivity index (χ4n) is 2.42. The Hall–Kier alpha value is -0.340. The van der Waals surface area contributed by atoms with Gasteiger partial charge in [-0.25, -0.2) is 0 Å². The van der Waals surface area contributed by atoms with Gasteiger partial charge in [0.25, 0.3) is 0 Å². The maximum Gasteiger partial charge on any atom is 0.0695 e. The zero-order chi connectivity index (χ0) is 10.7. The highest BCUT2D eigenvalue weighted by Gasteiger charge is 2.29. The first-order chi connectivity index (χ1) is 7.22. The highest BCUT2D eigenvalue weighted by Crippen LogP contribution is 2.33. The minimum absolute atomic E-state index is 0.395. The maximum atomic E-state index is 10.4. The molecule has 0 unspecified atom stereocenters. The quantitative estimate of drug-likeness (QED) is 0.832. The van der Waals surface area contributed by atoms with E-state index in [-0.39, 0.29) is 0 Å². The van der Waals surface area contributed by atoms with Gasteiger partial charge in [-0.05, 0) is 31.4 Å². The molecule has 0 bridgehead atoms. The molecule has 0 amide bonds. The molecule has 2 heteroatoms. The molecule has 1 N–H and O–H groups in total. The first kappa shape index (κ1) is 11.2. The van der Waals surface area contributed by atoms with E-state index in [4.69, 9.17) is 0 Å². The summed E-state index contributed by atoms with van der Waals surface area (Å²) in [5, 5.41) is 10.4. The number of hydrogen-bond acceptors (Lipinski definition) is 2. The van der Waals surface area contributed by atoms with Gasteiger partial charge in [0, 0.05) is 16.2 Å². The topological polar surface area (TPSA) is 20.2 Å². The molecule has 15 heavy (non-hydrogen) atoms. The molecule has 1 fully saturated rings. The first-order valence-electron chi connectivity index (χ1n) is 6.02. The van der Waals surface area contributed by atoms with Crippen molar-refractivity contribution in [2.24, 2.45) is 0 Å². The first-order valence-corrected chi connectivity index (χ1v) is 6.83. The van der Waals surface area contributed by atoms with E-state index >= 15 is 0 Å². The average molecular weight is 224 g/mol. The van der Waals surface area contributed by atoms with Crippen LogP contribution < -0.4 is 0 Å². The lowest BCUT2D eigenvalue weighted by molar-refractivity contribution is 0.00519. The largest absolute Gasteiger partial charge is 0.390 e. The van der Waals surface area contributed by atoms with Gasteiger partial charge in [-0.3, -0.25) is 0 Å². The lowest BCUT2D eigenvalue weighted by Crippen LogP contribution is -2.33. The van der Waals surface area contributed by atoms with Crippen LogP contribution in [-0.4, -0.2) is 10.7 Å². The Kier molecular flexibility index (Phi) is 3.47. The second-order valence-electron chi connectivity index (χ2n) is 4.68. The standard InChI is InChI=1S/C13H20OS/c1-2-11-6-7-12(15-11)10-13(14)8-4-3-5-9-13/h6-7,14H,2-5,8-10H2,1H3. The van der Waals surface area contributed by atoms with Crippen molar-refractivity contribution in [1.82, 2.24) is 0 Å². The van der Waals surface area contributed by atoms with Gasteiger partial charge in [0.05, 0.1) is 5.60 Å². The Balaban J connectivity index is 2.00. The van der Waals surface area contributed by atoms with Crippen LogP contribution in [0.15, 0.2) is 12.1 Å². The Bertz CT molecular complexity index is 310. The van der Waals surface area contributed by atoms with Crippen LogP contribution in [0.5, 0.6) is 0 Å².